The van der Waals surface area contributed by atoms with Crippen molar-refractivity contribution in [3.8, 4) is 5.75 Å². The molecule has 0 aliphatic heterocycles. The average Bonchev–Trinajstić information content (AvgIpc) is 2.34. The van der Waals surface area contributed by atoms with E-state index in [9.17, 15) is 5.02 Å². The van der Waals surface area contributed by atoms with E-state index < -0.39 is 16.2 Å². The smallest absolute Gasteiger partial charge is 0.496 e. The summed E-state index contributed by atoms with van der Waals surface area (Å²) in [6, 6.07) is 5.51. The fourth-order valence-electron chi connectivity index (χ4n) is 1.66. The Bertz CT molecular complexity index is 418. The van der Waals surface area contributed by atoms with Crippen LogP contribution in [0, 0.1) is 0 Å². The van der Waals surface area contributed by atoms with Gasteiger partial charge >= 0.3 is 7.12 Å². The normalized spacial score (nSPS) is 11.8. The number of hydrogen-bond donors (Lipinski definition) is 1. The lowest BCUT2D eigenvalue weighted by molar-refractivity contribution is -0.121. The average molecular weight is 281 g/mol. The van der Waals surface area contributed by atoms with E-state index in [4.69, 9.17) is 14.1 Å². The van der Waals surface area contributed by atoms with Gasteiger partial charge in [-0.05, 0) is 35.6 Å². The molecule has 0 atom stereocenters. The molecule has 4 nitrogen and oxygen atoms in total. The second-order valence-electron chi connectivity index (χ2n) is 5.65. The quantitative estimate of drug-likeness (QED) is 0.508. The number of benzene rings is 1. The summed E-state index contributed by atoms with van der Waals surface area (Å²) in [7, 11) is -0.429. The Labute approximate surface area is 117 Å². The third kappa shape index (κ3) is 4.65. The molecule has 0 saturated heterocycles. The summed E-state index contributed by atoms with van der Waals surface area (Å²) in [5.74, 6) is 0.806. The molecule has 0 bridgehead atoms. The Morgan fingerprint density at radius 2 is 1.84 bits per heavy atom. The van der Waals surface area contributed by atoms with Crippen molar-refractivity contribution in [3.05, 3.63) is 23.8 Å². The highest BCUT2D eigenvalue weighted by molar-refractivity contribution is 6.60. The molecule has 0 unspecified atom stereocenters. The predicted molar refractivity (Wildman–Crippen MR) is 79.0 cm³/mol. The number of rotatable bonds is 5. The van der Waals surface area contributed by atoms with E-state index in [1.54, 1.807) is 13.2 Å². The Kier molecular flexibility index (Phi) is 5.61. The van der Waals surface area contributed by atoms with Gasteiger partial charge in [-0.25, -0.2) is 0 Å². The van der Waals surface area contributed by atoms with Crippen LogP contribution < -0.4 is 10.2 Å². The van der Waals surface area contributed by atoms with Gasteiger partial charge in [0, 0.05) is 0 Å². The Morgan fingerprint density at radius 3 is 2.32 bits per heavy atom. The van der Waals surface area contributed by atoms with Crippen LogP contribution in [0.25, 0.3) is 0 Å². The van der Waals surface area contributed by atoms with Gasteiger partial charge in [-0.2, -0.15) is 0 Å². The van der Waals surface area contributed by atoms with Gasteiger partial charge in [0.1, 0.15) is 5.75 Å². The van der Waals surface area contributed by atoms with E-state index in [1.807, 2.05) is 25.2 Å². The number of ether oxygens (including phenoxy) is 1. The first kappa shape index (κ1) is 16.2. The molecule has 0 heterocycles. The second kappa shape index (κ2) is 6.56. The minimum absolute atomic E-state index is 0.0770. The van der Waals surface area contributed by atoms with Gasteiger partial charge in [0.15, 0.2) is 0 Å². The molecule has 1 aromatic carbocycles. The van der Waals surface area contributed by atoms with Gasteiger partial charge in [-0.3, -0.25) is 9.38 Å². The zero-order valence-electron chi connectivity index (χ0n) is 12.5. The van der Waals surface area contributed by atoms with Crippen LogP contribution in [0.4, 0.5) is 0 Å². The van der Waals surface area contributed by atoms with Crippen molar-refractivity contribution in [2.75, 3.05) is 7.11 Å². The zero-order valence-corrected chi connectivity index (χ0v) is 13.5. The van der Waals surface area contributed by atoms with Crippen LogP contribution in [0.3, 0.4) is 0 Å². The molecule has 0 saturated carbocycles. The molecule has 1 N–H and O–H groups in total. The Morgan fingerprint density at radius 1 is 1.21 bits per heavy atom. The molecule has 1 radical (unpaired) electrons. The van der Waals surface area contributed by atoms with Crippen LogP contribution in [0.15, 0.2) is 18.2 Å². The van der Waals surface area contributed by atoms with Crippen molar-refractivity contribution in [1.29, 1.82) is 0 Å². The molecule has 6 heteroatoms. The van der Waals surface area contributed by atoms with Crippen LogP contribution in [0.1, 0.15) is 26.3 Å². The molecule has 0 spiro atoms. The van der Waals surface area contributed by atoms with E-state index in [0.717, 1.165) is 11.3 Å². The molecule has 1 rings (SSSR count). The monoisotopic (exact) mass is 281 g/mol. The highest BCUT2D eigenvalue weighted by Crippen LogP contribution is 2.30. The molecule has 0 amide bonds. The van der Waals surface area contributed by atoms with Gasteiger partial charge in [0.25, 0.3) is 9.04 Å². The fraction of sp³-hybridized carbons (Fsp3) is 0.538. The van der Waals surface area contributed by atoms with Crippen LogP contribution in [-0.2, 0) is 14.8 Å². The first-order chi connectivity index (χ1) is 8.75. The molecule has 0 fully saturated rings. The van der Waals surface area contributed by atoms with Crippen molar-refractivity contribution in [3.63, 3.8) is 0 Å². The minimum Gasteiger partial charge on any atom is -0.496 e. The molecule has 105 valence electrons. The minimum atomic E-state index is -1.08. The van der Waals surface area contributed by atoms with Gasteiger partial charge in [0.2, 0.25) is 0 Å². The summed E-state index contributed by atoms with van der Waals surface area (Å²) in [4.78, 5) is 4.99. The maximum Gasteiger partial charge on any atom is 0.521 e. The summed E-state index contributed by atoms with van der Waals surface area (Å²) in [6.45, 7) is 10.2. The van der Waals surface area contributed by atoms with Crippen molar-refractivity contribution >= 4 is 21.6 Å². The number of hydrogen-bond acceptors (Lipinski definition) is 4. The maximum absolute atomic E-state index is 9.95. The van der Waals surface area contributed by atoms with Crippen molar-refractivity contribution in [1.82, 2.24) is 0 Å². The van der Waals surface area contributed by atoms with Gasteiger partial charge in [-0.1, -0.05) is 32.9 Å². The fourth-order valence-corrected chi connectivity index (χ4v) is 1.95. The summed E-state index contributed by atoms with van der Waals surface area (Å²) in [5, 5.41) is 9.95. The summed E-state index contributed by atoms with van der Waals surface area (Å²) >= 11 is 0. The first-order valence-electron chi connectivity index (χ1n) is 6.25. The third-order valence-corrected chi connectivity index (χ3v) is 3.05. The zero-order chi connectivity index (χ0) is 14.6. The van der Waals surface area contributed by atoms with Gasteiger partial charge in [0.05, 0.1) is 7.11 Å². The van der Waals surface area contributed by atoms with Crippen LogP contribution in [0.2, 0.25) is 13.1 Å². The molecule has 0 aliphatic carbocycles. The number of methoxy groups -OCH3 is 1. The van der Waals surface area contributed by atoms with E-state index >= 15 is 0 Å². The molecule has 1 aromatic rings. The lowest BCUT2D eigenvalue weighted by Crippen LogP contribution is -2.36. The maximum atomic E-state index is 9.95. The summed E-state index contributed by atoms with van der Waals surface area (Å²) in [6.07, 6.45) is 0. The molecule has 0 aliphatic rings. The molecular formula is C13H22BO4Si. The summed E-state index contributed by atoms with van der Waals surface area (Å²) < 4.78 is 10.4. The van der Waals surface area contributed by atoms with E-state index in [2.05, 4.69) is 20.8 Å². The molecular weight excluding hydrogens is 259 g/mol. The summed E-state index contributed by atoms with van der Waals surface area (Å²) in [5.41, 5.74) is 1.61. The van der Waals surface area contributed by atoms with Gasteiger partial charge < -0.3 is 9.76 Å². The standard InChI is InChI=1S/C13H22BO4Si/c1-13(2,3)11-9-10(7-8-12(11)16-4)14(15)17-18-19(5)6/h7-9,15H,1-6H3. The first-order valence-corrected chi connectivity index (χ1v) is 8.66. The SMILES string of the molecule is COc1ccc(B(O)OO[Si](C)C)cc1C(C)(C)C. The topological polar surface area (TPSA) is 47.9 Å². The highest BCUT2D eigenvalue weighted by Gasteiger charge is 2.24. The highest BCUT2D eigenvalue weighted by atomic mass is 28.3. The van der Waals surface area contributed by atoms with Crippen molar-refractivity contribution < 1.29 is 19.1 Å². The Balaban J connectivity index is 2.98. The lowest BCUT2D eigenvalue weighted by Gasteiger charge is -2.23. The van der Waals surface area contributed by atoms with E-state index in [1.165, 1.54) is 0 Å². The van der Waals surface area contributed by atoms with Crippen LogP contribution in [-0.4, -0.2) is 28.3 Å². The third-order valence-electron chi connectivity index (χ3n) is 2.62. The lowest BCUT2D eigenvalue weighted by atomic mass is 9.76. The van der Waals surface area contributed by atoms with Crippen molar-refractivity contribution in [2.24, 2.45) is 0 Å². The molecule has 0 aromatic heterocycles. The van der Waals surface area contributed by atoms with E-state index in [-0.39, 0.29) is 5.41 Å². The van der Waals surface area contributed by atoms with Crippen molar-refractivity contribution in [2.45, 2.75) is 39.3 Å². The second-order valence-corrected chi connectivity index (χ2v) is 7.63. The molecule has 19 heavy (non-hydrogen) atoms. The van der Waals surface area contributed by atoms with E-state index in [0.29, 0.717) is 5.46 Å². The van der Waals surface area contributed by atoms with Gasteiger partial charge in [-0.15, -0.1) is 0 Å². The van der Waals surface area contributed by atoms with Crippen LogP contribution >= 0.6 is 0 Å². The predicted octanol–water partition coefficient (Wildman–Crippen LogP) is 1.88. The van der Waals surface area contributed by atoms with Crippen LogP contribution in [0.5, 0.6) is 5.75 Å². The largest absolute Gasteiger partial charge is 0.521 e. The Hall–Kier alpha value is -0.818.